The zero-order chi connectivity index (χ0) is 24.7. The van der Waals surface area contributed by atoms with Gasteiger partial charge in [-0.15, -0.1) is 11.3 Å². The van der Waals surface area contributed by atoms with Gasteiger partial charge in [0.15, 0.2) is 10.8 Å². The maximum absolute atomic E-state index is 13.2. The average Bonchev–Trinajstić information content (AvgIpc) is 3.43. The summed E-state index contributed by atoms with van der Waals surface area (Å²) in [5.74, 6) is -0.129. The van der Waals surface area contributed by atoms with Crippen molar-refractivity contribution in [1.82, 2.24) is 24.3 Å². The van der Waals surface area contributed by atoms with Gasteiger partial charge < -0.3 is 0 Å². The second-order valence-electron chi connectivity index (χ2n) is 8.63. The highest BCUT2D eigenvalue weighted by Crippen LogP contribution is 2.29. The van der Waals surface area contributed by atoms with Crippen molar-refractivity contribution in [3.8, 4) is 5.69 Å². The van der Waals surface area contributed by atoms with Crippen LogP contribution in [0.2, 0.25) is 0 Å². The summed E-state index contributed by atoms with van der Waals surface area (Å²) in [5.41, 5.74) is 5.90. The summed E-state index contributed by atoms with van der Waals surface area (Å²) in [6.45, 7) is 7.78. The molecule has 2 aromatic carbocycles. The van der Waals surface area contributed by atoms with Gasteiger partial charge >= 0.3 is 0 Å². The molecule has 0 unspecified atom stereocenters. The summed E-state index contributed by atoms with van der Waals surface area (Å²) in [4.78, 5) is 36.4. The fourth-order valence-corrected chi connectivity index (χ4v) is 5.04. The van der Waals surface area contributed by atoms with Gasteiger partial charge in [-0.05, 0) is 61.7 Å². The molecule has 0 fully saturated rings. The quantitative estimate of drug-likeness (QED) is 0.361. The monoisotopic (exact) mass is 484 g/mol. The number of hydrogen-bond acceptors (Lipinski definition) is 6. The molecule has 0 aliphatic rings. The first-order valence-corrected chi connectivity index (χ1v) is 12.0. The minimum atomic E-state index is -0.192. The van der Waals surface area contributed by atoms with E-state index in [0.717, 1.165) is 28.1 Å². The van der Waals surface area contributed by atoms with Crippen LogP contribution in [0.5, 0.6) is 0 Å². The number of benzene rings is 2. The highest BCUT2D eigenvalue weighted by molar-refractivity contribution is 7.14. The number of anilines is 2. The van der Waals surface area contributed by atoms with E-state index in [-0.39, 0.29) is 18.0 Å². The molecule has 3 heterocycles. The smallest absolute Gasteiger partial charge is 0.264 e. The molecule has 35 heavy (non-hydrogen) atoms. The van der Waals surface area contributed by atoms with Crippen LogP contribution >= 0.6 is 11.3 Å². The van der Waals surface area contributed by atoms with E-state index in [4.69, 9.17) is 0 Å². The van der Waals surface area contributed by atoms with Gasteiger partial charge in [0.05, 0.1) is 29.8 Å². The summed E-state index contributed by atoms with van der Waals surface area (Å²) in [6, 6.07) is 13.8. The summed E-state index contributed by atoms with van der Waals surface area (Å²) in [7, 11) is 0. The molecule has 8 nitrogen and oxygen atoms in total. The van der Waals surface area contributed by atoms with Gasteiger partial charge in [0, 0.05) is 12.3 Å². The maximum Gasteiger partial charge on any atom is 0.264 e. The number of fused-ring (bicyclic) bond motifs is 1. The van der Waals surface area contributed by atoms with Crippen molar-refractivity contribution in [2.75, 3.05) is 4.90 Å². The van der Waals surface area contributed by atoms with Crippen LogP contribution in [0, 0.1) is 20.8 Å². The molecule has 0 saturated heterocycles. The van der Waals surface area contributed by atoms with Gasteiger partial charge in [0.25, 0.3) is 5.56 Å². The van der Waals surface area contributed by atoms with Gasteiger partial charge in [-0.3, -0.25) is 19.1 Å². The summed E-state index contributed by atoms with van der Waals surface area (Å²) in [6.07, 6.45) is 3.08. The highest BCUT2D eigenvalue weighted by atomic mass is 32.1. The Morgan fingerprint density at radius 1 is 1.06 bits per heavy atom. The molecule has 5 aromatic rings. The molecule has 0 atom stereocenters. The van der Waals surface area contributed by atoms with Crippen LogP contribution in [-0.2, 0) is 11.3 Å². The first-order chi connectivity index (χ1) is 16.8. The van der Waals surface area contributed by atoms with E-state index < -0.39 is 0 Å². The fourth-order valence-electron chi connectivity index (χ4n) is 4.16. The topological polar surface area (TPSA) is 85.9 Å². The van der Waals surface area contributed by atoms with Gasteiger partial charge in [-0.1, -0.05) is 18.2 Å². The van der Waals surface area contributed by atoms with E-state index in [1.807, 2.05) is 62.5 Å². The third-order valence-electron chi connectivity index (χ3n) is 5.64. The molecule has 5 rings (SSSR count). The van der Waals surface area contributed by atoms with Gasteiger partial charge in [0.1, 0.15) is 11.7 Å². The Balaban J connectivity index is 1.46. The molecular weight excluding hydrogens is 460 g/mol. The van der Waals surface area contributed by atoms with Crippen LogP contribution in [0.3, 0.4) is 0 Å². The van der Waals surface area contributed by atoms with Crippen LogP contribution < -0.4 is 10.5 Å². The molecule has 176 valence electrons. The third kappa shape index (κ3) is 4.38. The fraction of sp³-hybridized carbons (Fsp3) is 0.192. The largest absolute Gasteiger partial charge is 0.292 e. The number of rotatable bonds is 5. The van der Waals surface area contributed by atoms with Crippen LogP contribution in [0.15, 0.2) is 65.2 Å². The van der Waals surface area contributed by atoms with E-state index in [1.54, 1.807) is 15.8 Å². The molecule has 0 aliphatic carbocycles. The molecule has 0 spiro atoms. The number of aromatic nitrogens is 5. The lowest BCUT2D eigenvalue weighted by atomic mass is 10.1. The average molecular weight is 485 g/mol. The highest BCUT2D eigenvalue weighted by Gasteiger charge is 2.19. The lowest BCUT2D eigenvalue weighted by molar-refractivity contribution is -0.115. The Morgan fingerprint density at radius 3 is 2.54 bits per heavy atom. The van der Waals surface area contributed by atoms with E-state index in [9.17, 15) is 9.59 Å². The minimum absolute atomic E-state index is 0.129. The van der Waals surface area contributed by atoms with E-state index in [1.165, 1.54) is 29.2 Å². The van der Waals surface area contributed by atoms with Crippen LogP contribution in [0.25, 0.3) is 16.7 Å². The van der Waals surface area contributed by atoms with E-state index in [0.29, 0.717) is 21.9 Å². The van der Waals surface area contributed by atoms with Crippen molar-refractivity contribution in [2.45, 2.75) is 34.2 Å². The number of carbonyl (C=O) groups is 1. The number of amides is 1. The Hall–Kier alpha value is -4.11. The van der Waals surface area contributed by atoms with E-state index >= 15 is 0 Å². The number of aryl methyl sites for hydroxylation is 3. The standard InChI is InChI=1S/C26H24N6O2S/c1-16-6-5-7-21(9-16)31(19(4)33)26-29-20(14-35-26)13-30-15-27-24-23(25(30)34)12-28-32(24)22-10-17(2)8-18(3)11-22/h5-12,14-15H,13H2,1-4H3. The second kappa shape index (κ2) is 8.92. The SMILES string of the molecule is CC(=O)N(c1cccc(C)c1)c1nc(Cn2cnc3c(cnn3-c3cc(C)cc(C)c3)c2=O)cs1. The molecule has 0 aliphatic heterocycles. The van der Waals surface area contributed by atoms with Crippen molar-refractivity contribution < 1.29 is 4.79 Å². The van der Waals surface area contributed by atoms with Crippen LogP contribution in [0.4, 0.5) is 10.8 Å². The van der Waals surface area contributed by atoms with Crippen molar-refractivity contribution in [3.05, 3.63) is 93.1 Å². The number of hydrogen-bond donors (Lipinski definition) is 0. The Kier molecular flexibility index (Phi) is 5.78. The first kappa shape index (κ1) is 22.7. The lowest BCUT2D eigenvalue weighted by Gasteiger charge is -2.18. The molecule has 3 aromatic heterocycles. The molecule has 1 amide bonds. The minimum Gasteiger partial charge on any atom is -0.292 e. The van der Waals surface area contributed by atoms with Crippen molar-refractivity contribution in [1.29, 1.82) is 0 Å². The van der Waals surface area contributed by atoms with Crippen LogP contribution in [0.1, 0.15) is 29.3 Å². The predicted octanol–water partition coefficient (Wildman–Crippen LogP) is 4.70. The summed E-state index contributed by atoms with van der Waals surface area (Å²) < 4.78 is 3.20. The lowest BCUT2D eigenvalue weighted by Crippen LogP contribution is -2.23. The Labute approximate surface area is 206 Å². The predicted molar refractivity (Wildman–Crippen MR) is 138 cm³/mol. The van der Waals surface area contributed by atoms with E-state index in [2.05, 4.69) is 21.1 Å². The summed E-state index contributed by atoms with van der Waals surface area (Å²) in [5, 5.41) is 7.28. The van der Waals surface area contributed by atoms with Crippen molar-refractivity contribution in [3.63, 3.8) is 0 Å². The second-order valence-corrected chi connectivity index (χ2v) is 9.47. The third-order valence-corrected chi connectivity index (χ3v) is 6.52. The van der Waals surface area contributed by atoms with Gasteiger partial charge in [-0.2, -0.15) is 5.10 Å². The zero-order valence-electron chi connectivity index (χ0n) is 19.9. The number of nitrogens with zero attached hydrogens (tertiary/aromatic N) is 6. The Bertz CT molecular complexity index is 1610. The Morgan fingerprint density at radius 2 is 1.83 bits per heavy atom. The number of carbonyl (C=O) groups excluding carboxylic acids is 1. The molecule has 0 N–H and O–H groups in total. The molecule has 9 heteroatoms. The summed E-state index contributed by atoms with van der Waals surface area (Å²) >= 11 is 1.36. The number of thiazole rings is 1. The van der Waals surface area contributed by atoms with Gasteiger partial charge in [0.2, 0.25) is 5.91 Å². The molecule has 0 radical (unpaired) electrons. The first-order valence-electron chi connectivity index (χ1n) is 11.1. The van der Waals surface area contributed by atoms with Gasteiger partial charge in [-0.25, -0.2) is 14.6 Å². The maximum atomic E-state index is 13.2. The molecule has 0 saturated carbocycles. The van der Waals surface area contributed by atoms with Crippen molar-refractivity contribution in [2.24, 2.45) is 0 Å². The molecule has 0 bridgehead atoms. The normalized spacial score (nSPS) is 11.2. The zero-order valence-corrected chi connectivity index (χ0v) is 20.7. The molecular formula is C26H24N6O2S. The van der Waals surface area contributed by atoms with Crippen LogP contribution in [-0.4, -0.2) is 30.2 Å². The van der Waals surface area contributed by atoms with Crippen molar-refractivity contribution >= 4 is 39.1 Å².